The number of rotatable bonds is 2. The van der Waals surface area contributed by atoms with Crippen LogP contribution in [0.1, 0.15) is 0 Å². The molecule has 0 radical (unpaired) electrons. The maximum atomic E-state index is 12.0. The van der Waals surface area contributed by atoms with E-state index in [2.05, 4.69) is 0 Å². The van der Waals surface area contributed by atoms with Crippen molar-refractivity contribution in [2.75, 3.05) is 0 Å². The molecule has 1 aliphatic rings. The number of ether oxygens (including phenoxy) is 1. The van der Waals surface area contributed by atoms with Gasteiger partial charge >= 0.3 is 0 Å². The van der Waals surface area contributed by atoms with E-state index < -0.39 is 49.7 Å². The highest BCUT2D eigenvalue weighted by atomic mass is 35.5. The molecule has 0 aromatic heterocycles. The molecule has 0 saturated heterocycles. The number of allylic oxidation sites excluding steroid dienone is 2. The van der Waals surface area contributed by atoms with Crippen molar-refractivity contribution >= 4 is 81.2 Å². The highest BCUT2D eigenvalue weighted by Crippen LogP contribution is 2.50. The van der Waals surface area contributed by atoms with Crippen molar-refractivity contribution in [2.24, 2.45) is 0 Å². The molecule has 1 aliphatic carbocycles. The lowest BCUT2D eigenvalue weighted by Gasteiger charge is -2.18. The van der Waals surface area contributed by atoms with Crippen LogP contribution < -0.4 is 4.74 Å². The predicted molar refractivity (Wildman–Crippen MR) is 87.2 cm³/mol. The molecule has 5 nitrogen and oxygen atoms in total. The molecular formula is C12H2Cl6O5. The number of benzene rings is 1. The molecule has 0 aliphatic heterocycles. The van der Waals surface area contributed by atoms with E-state index in [1.165, 1.54) is 0 Å². The smallest absolute Gasteiger partial charge is 0.245 e. The minimum Gasteiger partial charge on any atom is -0.505 e. The summed E-state index contributed by atoms with van der Waals surface area (Å²) in [4.78, 5) is 23.6. The first-order valence-corrected chi connectivity index (χ1v) is 7.67. The topological polar surface area (TPSA) is 83.8 Å². The molecular weight excluding hydrogens is 437 g/mol. The summed E-state index contributed by atoms with van der Waals surface area (Å²) in [5.74, 6) is -5.13. The van der Waals surface area contributed by atoms with Gasteiger partial charge < -0.3 is 14.9 Å². The molecule has 0 unspecified atom stereocenters. The molecule has 0 saturated carbocycles. The zero-order valence-electron chi connectivity index (χ0n) is 10.4. The van der Waals surface area contributed by atoms with Gasteiger partial charge in [0, 0.05) is 0 Å². The molecule has 1 aromatic carbocycles. The highest BCUT2D eigenvalue weighted by molar-refractivity contribution is 6.55. The maximum absolute atomic E-state index is 12.0. The molecule has 122 valence electrons. The number of aliphatic hydroxyl groups is 1. The van der Waals surface area contributed by atoms with Gasteiger partial charge in [-0.05, 0) is 0 Å². The third-order valence-electron chi connectivity index (χ3n) is 2.63. The van der Waals surface area contributed by atoms with Gasteiger partial charge in [0.1, 0.15) is 25.1 Å². The number of carbonyl (C=O) groups is 2. The summed E-state index contributed by atoms with van der Waals surface area (Å²) in [6.45, 7) is 0. The third-order valence-corrected chi connectivity index (χ3v) is 4.98. The zero-order chi connectivity index (χ0) is 17.6. The van der Waals surface area contributed by atoms with E-state index in [1.807, 2.05) is 0 Å². The summed E-state index contributed by atoms with van der Waals surface area (Å²) in [5, 5.41) is 16.1. The quantitative estimate of drug-likeness (QED) is 0.386. The van der Waals surface area contributed by atoms with Crippen molar-refractivity contribution in [2.45, 2.75) is 0 Å². The van der Waals surface area contributed by atoms with Crippen LogP contribution in [0, 0.1) is 0 Å². The third kappa shape index (κ3) is 2.97. The lowest BCUT2D eigenvalue weighted by atomic mass is 10.1. The standard InChI is InChI=1S/C12H2Cl6O5/c13-1-2(14)7(19)5(17)11(3(1)15)23-12-6(18)9(21)8(20)4(16)10(12)22/h19-20H. The summed E-state index contributed by atoms with van der Waals surface area (Å²) >= 11 is 34.4. The van der Waals surface area contributed by atoms with E-state index in [-0.39, 0.29) is 15.1 Å². The Hall–Kier alpha value is -0.820. The average molecular weight is 439 g/mol. The molecule has 2 N–H and O–H groups in total. The van der Waals surface area contributed by atoms with Crippen molar-refractivity contribution in [3.05, 3.63) is 41.7 Å². The van der Waals surface area contributed by atoms with Gasteiger partial charge in [0.15, 0.2) is 23.0 Å². The number of hydrogen-bond donors (Lipinski definition) is 2. The monoisotopic (exact) mass is 436 g/mol. The van der Waals surface area contributed by atoms with Crippen LogP contribution in [-0.2, 0) is 9.59 Å². The molecule has 0 heterocycles. The van der Waals surface area contributed by atoms with Gasteiger partial charge in [-0.15, -0.1) is 0 Å². The van der Waals surface area contributed by atoms with E-state index in [0.717, 1.165) is 0 Å². The number of hydrogen-bond acceptors (Lipinski definition) is 5. The number of phenols is 1. The number of carbonyl (C=O) groups excluding carboxylic acids is 2. The van der Waals surface area contributed by atoms with Crippen molar-refractivity contribution < 1.29 is 24.5 Å². The van der Waals surface area contributed by atoms with Crippen LogP contribution in [0.5, 0.6) is 11.5 Å². The minimum atomic E-state index is -1.14. The number of halogens is 6. The Morgan fingerprint density at radius 3 is 1.83 bits per heavy atom. The van der Waals surface area contributed by atoms with E-state index in [4.69, 9.17) is 74.3 Å². The Morgan fingerprint density at radius 2 is 1.26 bits per heavy atom. The second-order valence-electron chi connectivity index (χ2n) is 4.00. The number of aromatic hydroxyl groups is 1. The Morgan fingerprint density at radius 1 is 0.696 bits per heavy atom. The van der Waals surface area contributed by atoms with Crippen molar-refractivity contribution in [1.29, 1.82) is 0 Å². The molecule has 23 heavy (non-hydrogen) atoms. The van der Waals surface area contributed by atoms with Crippen LogP contribution in [0.3, 0.4) is 0 Å². The molecule has 0 fully saturated rings. The summed E-state index contributed by atoms with van der Waals surface area (Å²) in [7, 11) is 0. The first-order chi connectivity index (χ1) is 10.6. The first kappa shape index (κ1) is 18.5. The second kappa shape index (κ2) is 6.59. The highest BCUT2D eigenvalue weighted by Gasteiger charge is 2.36. The van der Waals surface area contributed by atoms with Gasteiger partial charge in [0.2, 0.25) is 11.6 Å². The number of phenolic OH excluding ortho intramolecular Hbond substituents is 1. The van der Waals surface area contributed by atoms with Crippen molar-refractivity contribution in [3.8, 4) is 11.5 Å². The average Bonchev–Trinajstić information content (AvgIpc) is 2.54. The largest absolute Gasteiger partial charge is 0.505 e. The van der Waals surface area contributed by atoms with Crippen molar-refractivity contribution in [3.63, 3.8) is 0 Å². The Balaban J connectivity index is 2.61. The molecule has 0 spiro atoms. The van der Waals surface area contributed by atoms with E-state index >= 15 is 0 Å². The van der Waals surface area contributed by atoms with Crippen molar-refractivity contribution in [1.82, 2.24) is 0 Å². The van der Waals surface area contributed by atoms with Crippen LogP contribution in [-0.4, -0.2) is 21.8 Å². The Bertz CT molecular complexity index is 797. The second-order valence-corrected chi connectivity index (χ2v) is 6.27. The summed E-state index contributed by atoms with van der Waals surface area (Å²) in [6.07, 6.45) is 0. The van der Waals surface area contributed by atoms with E-state index in [9.17, 15) is 19.8 Å². The van der Waals surface area contributed by atoms with Gasteiger partial charge in [-0.25, -0.2) is 0 Å². The van der Waals surface area contributed by atoms with Gasteiger partial charge in [-0.2, -0.15) is 0 Å². The van der Waals surface area contributed by atoms with Crippen LogP contribution in [0.15, 0.2) is 21.6 Å². The molecule has 2 rings (SSSR count). The lowest BCUT2D eigenvalue weighted by Crippen LogP contribution is -2.23. The van der Waals surface area contributed by atoms with Gasteiger partial charge in [-0.1, -0.05) is 69.6 Å². The first-order valence-electron chi connectivity index (χ1n) is 5.40. The molecule has 1 aromatic rings. The summed E-state index contributed by atoms with van der Waals surface area (Å²) in [5.41, 5.74) is 0. The zero-order valence-corrected chi connectivity index (χ0v) is 14.9. The van der Waals surface area contributed by atoms with Crippen LogP contribution >= 0.6 is 69.6 Å². The van der Waals surface area contributed by atoms with Gasteiger partial charge in [0.25, 0.3) is 0 Å². The minimum absolute atomic E-state index is 0.305. The van der Waals surface area contributed by atoms with Gasteiger partial charge in [-0.3, -0.25) is 9.59 Å². The summed E-state index contributed by atoms with van der Waals surface area (Å²) in [6, 6.07) is 0. The van der Waals surface area contributed by atoms with E-state index in [1.54, 1.807) is 0 Å². The van der Waals surface area contributed by atoms with Crippen LogP contribution in [0.2, 0.25) is 20.1 Å². The Labute approximate surface area is 158 Å². The molecule has 0 bridgehead atoms. The van der Waals surface area contributed by atoms with E-state index in [0.29, 0.717) is 0 Å². The Kier molecular flexibility index (Phi) is 5.31. The normalized spacial score (nSPS) is 15.6. The molecule has 0 amide bonds. The number of ketones is 2. The molecule has 0 atom stereocenters. The fourth-order valence-corrected chi connectivity index (χ4v) is 2.85. The fraction of sp³-hybridized carbons (Fsp3) is 0. The van der Waals surface area contributed by atoms with Gasteiger partial charge in [0.05, 0.1) is 5.02 Å². The van der Waals surface area contributed by atoms with Crippen LogP contribution in [0.4, 0.5) is 0 Å². The number of Topliss-reactive ketones (excluding diaryl/α,β-unsaturated/α-hetero) is 2. The fourth-order valence-electron chi connectivity index (χ4n) is 1.50. The maximum Gasteiger partial charge on any atom is 0.245 e. The predicted octanol–water partition coefficient (Wildman–Crippen LogP) is 5.00. The lowest BCUT2D eigenvalue weighted by molar-refractivity contribution is -0.118. The summed E-state index contributed by atoms with van der Waals surface area (Å²) < 4.78 is 5.13. The molecule has 11 heteroatoms. The van der Waals surface area contributed by atoms with Crippen LogP contribution in [0.25, 0.3) is 0 Å². The SMILES string of the molecule is O=C1C(O)=C(Cl)C(=O)C(Oc2c(Cl)c(O)c(Cl)c(Cl)c2Cl)=C1Cl. The number of aliphatic hydroxyl groups excluding tert-OH is 1.